The Morgan fingerprint density at radius 2 is 1.95 bits per heavy atom. The van der Waals surface area contributed by atoms with E-state index in [4.69, 9.17) is 0 Å². The maximum absolute atomic E-state index is 4.57. The zero-order valence-corrected chi connectivity index (χ0v) is 12.6. The zero-order valence-electron chi connectivity index (χ0n) is 11.8. The number of nitrogens with zero attached hydrogens (tertiary/aromatic N) is 6. The van der Waals surface area contributed by atoms with Crippen LogP contribution in [0, 0.1) is 0 Å². The van der Waals surface area contributed by atoms with Gasteiger partial charge in [0.05, 0.1) is 5.69 Å². The average Bonchev–Trinajstić information content (AvgIpc) is 3.17. The van der Waals surface area contributed by atoms with Gasteiger partial charge >= 0.3 is 0 Å². The first-order valence-electron chi connectivity index (χ1n) is 6.72. The van der Waals surface area contributed by atoms with Gasteiger partial charge < -0.3 is 4.57 Å². The molecule has 0 fully saturated rings. The van der Waals surface area contributed by atoms with E-state index in [9.17, 15) is 0 Å². The Morgan fingerprint density at radius 3 is 2.73 bits per heavy atom. The van der Waals surface area contributed by atoms with Gasteiger partial charge in [0.2, 0.25) is 0 Å². The molecule has 0 bridgehead atoms. The standard InChI is InChI=1S/C15H12N6S/c1-20-8-7-16-15(20)22-13-9-12(11-5-3-2-4-6-11)19-14-17-10-18-21(13)14/h2-10H,1H3. The van der Waals surface area contributed by atoms with E-state index >= 15 is 0 Å². The molecule has 3 aromatic heterocycles. The molecule has 0 unspecified atom stereocenters. The molecule has 3 heterocycles. The van der Waals surface area contributed by atoms with Crippen molar-refractivity contribution in [3.05, 3.63) is 55.1 Å². The topological polar surface area (TPSA) is 60.9 Å². The second kappa shape index (κ2) is 5.27. The van der Waals surface area contributed by atoms with E-state index in [-0.39, 0.29) is 0 Å². The molecule has 0 spiro atoms. The second-order valence-corrected chi connectivity index (χ2v) is 5.73. The molecule has 0 atom stereocenters. The van der Waals surface area contributed by atoms with Crippen LogP contribution in [0.25, 0.3) is 17.0 Å². The highest BCUT2D eigenvalue weighted by atomic mass is 32.2. The second-order valence-electron chi connectivity index (χ2n) is 4.74. The molecule has 0 aliphatic heterocycles. The van der Waals surface area contributed by atoms with E-state index in [0.717, 1.165) is 21.4 Å². The minimum atomic E-state index is 0.582. The molecule has 4 aromatic rings. The van der Waals surface area contributed by atoms with Crippen molar-refractivity contribution in [2.24, 2.45) is 7.05 Å². The van der Waals surface area contributed by atoms with Crippen LogP contribution in [-0.2, 0) is 7.05 Å². The van der Waals surface area contributed by atoms with Gasteiger partial charge in [-0.25, -0.2) is 9.97 Å². The SMILES string of the molecule is Cn1ccnc1Sc1cc(-c2ccccc2)nc2ncnn12. The third kappa shape index (κ3) is 2.25. The predicted octanol–water partition coefficient (Wildman–Crippen LogP) is 2.68. The Hall–Kier alpha value is -2.67. The summed E-state index contributed by atoms with van der Waals surface area (Å²) in [6.07, 6.45) is 5.21. The minimum absolute atomic E-state index is 0.582. The van der Waals surface area contributed by atoms with Crippen molar-refractivity contribution in [3.8, 4) is 11.3 Å². The molecule has 7 heteroatoms. The van der Waals surface area contributed by atoms with E-state index in [1.807, 2.05) is 54.2 Å². The number of rotatable bonds is 3. The fraction of sp³-hybridized carbons (Fsp3) is 0.0667. The zero-order chi connectivity index (χ0) is 14.9. The molecule has 22 heavy (non-hydrogen) atoms. The molecule has 0 aliphatic carbocycles. The molecule has 108 valence electrons. The van der Waals surface area contributed by atoms with Crippen LogP contribution in [0.4, 0.5) is 0 Å². The Balaban J connectivity index is 1.86. The molecule has 0 saturated carbocycles. The van der Waals surface area contributed by atoms with Gasteiger partial charge in [0.15, 0.2) is 5.16 Å². The van der Waals surface area contributed by atoms with Gasteiger partial charge in [-0.15, -0.1) is 0 Å². The molecule has 0 aliphatic rings. The predicted molar refractivity (Wildman–Crippen MR) is 83.5 cm³/mol. The van der Waals surface area contributed by atoms with E-state index in [1.54, 1.807) is 10.7 Å². The summed E-state index contributed by atoms with van der Waals surface area (Å²) in [4.78, 5) is 13.1. The first kappa shape index (κ1) is 13.0. The number of fused-ring (bicyclic) bond motifs is 1. The van der Waals surface area contributed by atoms with Gasteiger partial charge in [-0.05, 0) is 17.8 Å². The fourth-order valence-corrected chi connectivity index (χ4v) is 3.05. The molecular formula is C15H12N6S. The van der Waals surface area contributed by atoms with Crippen molar-refractivity contribution in [3.63, 3.8) is 0 Å². The highest BCUT2D eigenvalue weighted by Gasteiger charge is 2.12. The number of aromatic nitrogens is 6. The summed E-state index contributed by atoms with van der Waals surface area (Å²) < 4.78 is 3.70. The van der Waals surface area contributed by atoms with E-state index in [0.29, 0.717) is 5.78 Å². The van der Waals surface area contributed by atoms with Gasteiger partial charge in [-0.1, -0.05) is 30.3 Å². The van der Waals surface area contributed by atoms with Crippen molar-refractivity contribution >= 4 is 17.5 Å². The quantitative estimate of drug-likeness (QED) is 0.545. The summed E-state index contributed by atoms with van der Waals surface area (Å²) in [6.45, 7) is 0. The van der Waals surface area contributed by atoms with Crippen molar-refractivity contribution in [2.75, 3.05) is 0 Å². The maximum atomic E-state index is 4.57. The Labute approximate surface area is 130 Å². The third-order valence-corrected chi connectivity index (χ3v) is 4.34. The highest BCUT2D eigenvalue weighted by molar-refractivity contribution is 7.99. The first-order valence-corrected chi connectivity index (χ1v) is 7.54. The van der Waals surface area contributed by atoms with Crippen LogP contribution < -0.4 is 0 Å². The molecule has 4 rings (SSSR count). The number of benzene rings is 1. The summed E-state index contributed by atoms with van der Waals surface area (Å²) in [5.41, 5.74) is 1.92. The van der Waals surface area contributed by atoms with Crippen molar-refractivity contribution in [1.29, 1.82) is 0 Å². The molecule has 0 saturated heterocycles. The van der Waals surface area contributed by atoms with Crippen LogP contribution in [0.1, 0.15) is 0 Å². The molecule has 0 radical (unpaired) electrons. The number of imidazole rings is 1. The summed E-state index contributed by atoms with van der Waals surface area (Å²) in [6, 6.07) is 12.1. The minimum Gasteiger partial charge on any atom is -0.329 e. The lowest BCUT2D eigenvalue weighted by Crippen LogP contribution is -1.99. The summed E-state index contributed by atoms with van der Waals surface area (Å²) in [7, 11) is 1.97. The fourth-order valence-electron chi connectivity index (χ4n) is 2.16. The molecule has 1 aromatic carbocycles. The van der Waals surface area contributed by atoms with Crippen LogP contribution in [0.3, 0.4) is 0 Å². The first-order chi connectivity index (χ1) is 10.8. The molecule has 6 nitrogen and oxygen atoms in total. The summed E-state index contributed by atoms with van der Waals surface area (Å²) in [5.74, 6) is 0.582. The van der Waals surface area contributed by atoms with E-state index < -0.39 is 0 Å². The van der Waals surface area contributed by atoms with Crippen LogP contribution >= 0.6 is 11.8 Å². The van der Waals surface area contributed by atoms with Crippen molar-refractivity contribution in [2.45, 2.75) is 10.2 Å². The van der Waals surface area contributed by atoms with Crippen LogP contribution in [-0.4, -0.2) is 29.1 Å². The lowest BCUT2D eigenvalue weighted by Gasteiger charge is -2.07. The smallest absolute Gasteiger partial charge is 0.253 e. The summed E-state index contributed by atoms with van der Waals surface area (Å²) in [5, 5.41) is 6.07. The molecule has 0 N–H and O–H groups in total. The Kier molecular flexibility index (Phi) is 3.12. The van der Waals surface area contributed by atoms with Crippen LogP contribution in [0.15, 0.2) is 65.3 Å². The monoisotopic (exact) mass is 308 g/mol. The number of hydrogen-bond acceptors (Lipinski definition) is 5. The maximum Gasteiger partial charge on any atom is 0.253 e. The molecule has 0 amide bonds. The summed E-state index contributed by atoms with van der Waals surface area (Å²) >= 11 is 1.54. The highest BCUT2D eigenvalue weighted by Crippen LogP contribution is 2.29. The number of aryl methyl sites for hydroxylation is 1. The van der Waals surface area contributed by atoms with E-state index in [1.165, 1.54) is 18.1 Å². The lowest BCUT2D eigenvalue weighted by atomic mass is 10.1. The van der Waals surface area contributed by atoms with Gasteiger partial charge in [-0.2, -0.15) is 14.6 Å². The molecular weight excluding hydrogens is 296 g/mol. The van der Waals surface area contributed by atoms with Gasteiger partial charge in [0.1, 0.15) is 11.4 Å². The average molecular weight is 308 g/mol. The Morgan fingerprint density at radius 1 is 1.09 bits per heavy atom. The van der Waals surface area contributed by atoms with Crippen LogP contribution in [0.2, 0.25) is 0 Å². The largest absolute Gasteiger partial charge is 0.329 e. The van der Waals surface area contributed by atoms with Crippen molar-refractivity contribution < 1.29 is 0 Å². The third-order valence-electron chi connectivity index (χ3n) is 3.26. The lowest BCUT2D eigenvalue weighted by molar-refractivity contribution is 0.780. The van der Waals surface area contributed by atoms with Crippen molar-refractivity contribution in [1.82, 2.24) is 29.1 Å². The van der Waals surface area contributed by atoms with Gasteiger partial charge in [-0.3, -0.25) is 0 Å². The van der Waals surface area contributed by atoms with Gasteiger partial charge in [0, 0.05) is 25.0 Å². The van der Waals surface area contributed by atoms with E-state index in [2.05, 4.69) is 20.1 Å². The van der Waals surface area contributed by atoms with Crippen LogP contribution in [0.5, 0.6) is 0 Å². The van der Waals surface area contributed by atoms with Gasteiger partial charge in [0.25, 0.3) is 5.78 Å². The Bertz CT molecular complexity index is 928. The normalized spacial score (nSPS) is 11.1. The number of hydrogen-bond donors (Lipinski definition) is 0.